The molecule has 0 amide bonds. The number of aliphatic hydroxyl groups excluding tert-OH is 1. The van der Waals surface area contributed by atoms with Crippen LogP contribution in [0.4, 0.5) is 5.69 Å². The smallest absolute Gasteiger partial charge is 0.0431 e. The fraction of sp³-hybridized carbons (Fsp3) is 0.500. The number of halogens is 1. The van der Waals surface area contributed by atoms with E-state index < -0.39 is 0 Å². The number of hydrogen-bond donors (Lipinski definition) is 2. The highest BCUT2D eigenvalue weighted by Crippen LogP contribution is 2.14. The zero-order valence-corrected chi connectivity index (χ0v) is 10.5. The van der Waals surface area contributed by atoms with Gasteiger partial charge in [-0.1, -0.05) is 28.8 Å². The SMILES string of the molecule is OCCCCCCNc1ccc(Br)cc1. The molecule has 0 fully saturated rings. The van der Waals surface area contributed by atoms with Crippen molar-refractivity contribution in [3.8, 4) is 0 Å². The lowest BCUT2D eigenvalue weighted by atomic mass is 10.2. The highest BCUT2D eigenvalue weighted by molar-refractivity contribution is 9.10. The topological polar surface area (TPSA) is 32.3 Å². The maximum Gasteiger partial charge on any atom is 0.0431 e. The molecule has 0 spiro atoms. The molecule has 2 N–H and O–H groups in total. The van der Waals surface area contributed by atoms with Crippen molar-refractivity contribution >= 4 is 21.6 Å². The Balaban J connectivity index is 2.07. The van der Waals surface area contributed by atoms with Crippen LogP contribution in [-0.2, 0) is 0 Å². The molecule has 1 rings (SSSR count). The largest absolute Gasteiger partial charge is 0.396 e. The fourth-order valence-corrected chi connectivity index (χ4v) is 1.66. The van der Waals surface area contributed by atoms with Crippen LogP contribution in [0.5, 0.6) is 0 Å². The van der Waals surface area contributed by atoms with Gasteiger partial charge >= 0.3 is 0 Å². The van der Waals surface area contributed by atoms with E-state index in [1.54, 1.807) is 0 Å². The molecular formula is C12H18BrNO. The monoisotopic (exact) mass is 271 g/mol. The van der Waals surface area contributed by atoms with Crippen molar-refractivity contribution in [2.45, 2.75) is 25.7 Å². The quantitative estimate of drug-likeness (QED) is 0.745. The Morgan fingerprint density at radius 2 is 1.67 bits per heavy atom. The second-order valence-corrected chi connectivity index (χ2v) is 4.49. The van der Waals surface area contributed by atoms with Crippen LogP contribution in [0.2, 0.25) is 0 Å². The molecule has 1 aromatic carbocycles. The lowest BCUT2D eigenvalue weighted by molar-refractivity contribution is 0.283. The molecule has 15 heavy (non-hydrogen) atoms. The number of benzene rings is 1. The van der Waals surface area contributed by atoms with Crippen molar-refractivity contribution in [2.24, 2.45) is 0 Å². The van der Waals surface area contributed by atoms with E-state index in [2.05, 4.69) is 33.4 Å². The number of hydrogen-bond acceptors (Lipinski definition) is 2. The standard InChI is InChI=1S/C12H18BrNO/c13-11-5-7-12(8-6-11)14-9-3-1-2-4-10-15/h5-8,14-15H,1-4,9-10H2. The first kappa shape index (κ1) is 12.5. The van der Waals surface area contributed by atoms with Crippen molar-refractivity contribution in [2.75, 3.05) is 18.5 Å². The summed E-state index contributed by atoms with van der Waals surface area (Å²) in [6.45, 7) is 1.33. The van der Waals surface area contributed by atoms with Crippen molar-refractivity contribution in [1.82, 2.24) is 0 Å². The molecule has 3 heteroatoms. The summed E-state index contributed by atoms with van der Waals surface area (Å²) in [5.74, 6) is 0. The van der Waals surface area contributed by atoms with Crippen molar-refractivity contribution in [3.63, 3.8) is 0 Å². The summed E-state index contributed by atoms with van der Waals surface area (Å²) in [7, 11) is 0. The van der Waals surface area contributed by atoms with E-state index in [1.807, 2.05) is 12.1 Å². The molecule has 0 aromatic heterocycles. The number of anilines is 1. The zero-order valence-electron chi connectivity index (χ0n) is 8.88. The first-order chi connectivity index (χ1) is 7.33. The van der Waals surface area contributed by atoms with Gasteiger partial charge in [0.1, 0.15) is 0 Å². The Hall–Kier alpha value is -0.540. The van der Waals surface area contributed by atoms with Crippen molar-refractivity contribution in [1.29, 1.82) is 0 Å². The molecular weight excluding hydrogens is 254 g/mol. The molecule has 0 aliphatic carbocycles. The van der Waals surface area contributed by atoms with Gasteiger partial charge in [0.25, 0.3) is 0 Å². The summed E-state index contributed by atoms with van der Waals surface area (Å²) in [4.78, 5) is 0. The van der Waals surface area contributed by atoms with Gasteiger partial charge in [0, 0.05) is 23.3 Å². The molecule has 0 saturated heterocycles. The Morgan fingerprint density at radius 1 is 1.00 bits per heavy atom. The summed E-state index contributed by atoms with van der Waals surface area (Å²) >= 11 is 3.40. The Labute approximate surface area is 99.8 Å². The lowest BCUT2D eigenvalue weighted by Gasteiger charge is -2.05. The van der Waals surface area contributed by atoms with E-state index in [-0.39, 0.29) is 0 Å². The first-order valence-electron chi connectivity index (χ1n) is 5.43. The van der Waals surface area contributed by atoms with Crippen LogP contribution in [-0.4, -0.2) is 18.3 Å². The highest BCUT2D eigenvalue weighted by Gasteiger charge is 1.92. The van der Waals surface area contributed by atoms with Crippen molar-refractivity contribution in [3.05, 3.63) is 28.7 Å². The molecule has 84 valence electrons. The van der Waals surface area contributed by atoms with Crippen LogP contribution in [0, 0.1) is 0 Å². The van der Waals surface area contributed by atoms with E-state index >= 15 is 0 Å². The van der Waals surface area contributed by atoms with Crippen LogP contribution in [0.1, 0.15) is 25.7 Å². The Morgan fingerprint density at radius 3 is 2.33 bits per heavy atom. The minimum Gasteiger partial charge on any atom is -0.396 e. The van der Waals surface area contributed by atoms with Gasteiger partial charge in [-0.05, 0) is 37.1 Å². The fourth-order valence-electron chi connectivity index (χ4n) is 1.39. The molecule has 0 unspecified atom stereocenters. The van der Waals surface area contributed by atoms with Gasteiger partial charge in [-0.2, -0.15) is 0 Å². The number of unbranched alkanes of at least 4 members (excludes halogenated alkanes) is 3. The van der Waals surface area contributed by atoms with Crippen LogP contribution in [0.15, 0.2) is 28.7 Å². The zero-order chi connectivity index (χ0) is 10.9. The second-order valence-electron chi connectivity index (χ2n) is 3.57. The van der Waals surface area contributed by atoms with Crippen LogP contribution < -0.4 is 5.32 Å². The Kier molecular flexibility index (Phi) is 6.44. The van der Waals surface area contributed by atoms with Crippen LogP contribution in [0.3, 0.4) is 0 Å². The summed E-state index contributed by atoms with van der Waals surface area (Å²) < 4.78 is 1.11. The molecule has 1 aromatic rings. The van der Waals surface area contributed by atoms with E-state index in [9.17, 15) is 0 Å². The predicted octanol–water partition coefficient (Wildman–Crippen LogP) is 3.41. The molecule has 0 heterocycles. The van der Waals surface area contributed by atoms with Gasteiger partial charge in [-0.25, -0.2) is 0 Å². The van der Waals surface area contributed by atoms with E-state index in [0.717, 1.165) is 30.3 Å². The third-order valence-electron chi connectivity index (χ3n) is 2.26. The molecule has 0 aliphatic rings. The van der Waals surface area contributed by atoms with Crippen LogP contribution in [0.25, 0.3) is 0 Å². The highest BCUT2D eigenvalue weighted by atomic mass is 79.9. The minimum atomic E-state index is 0.320. The summed E-state index contributed by atoms with van der Waals surface area (Å²) in [5, 5.41) is 12.0. The average molecular weight is 272 g/mol. The molecule has 2 nitrogen and oxygen atoms in total. The lowest BCUT2D eigenvalue weighted by Crippen LogP contribution is -2.01. The van der Waals surface area contributed by atoms with Crippen LogP contribution >= 0.6 is 15.9 Å². The molecule has 0 saturated carbocycles. The van der Waals surface area contributed by atoms with Gasteiger partial charge in [0.2, 0.25) is 0 Å². The number of rotatable bonds is 7. The van der Waals surface area contributed by atoms with Gasteiger partial charge in [-0.3, -0.25) is 0 Å². The number of nitrogens with one attached hydrogen (secondary N) is 1. The first-order valence-corrected chi connectivity index (χ1v) is 6.22. The van der Waals surface area contributed by atoms with Crippen molar-refractivity contribution < 1.29 is 5.11 Å². The summed E-state index contributed by atoms with van der Waals surface area (Å²) in [5.41, 5.74) is 1.17. The predicted molar refractivity (Wildman–Crippen MR) is 68.2 cm³/mol. The molecule has 0 bridgehead atoms. The maximum atomic E-state index is 8.61. The molecule has 0 aliphatic heterocycles. The van der Waals surface area contributed by atoms with Gasteiger partial charge < -0.3 is 10.4 Å². The normalized spacial score (nSPS) is 10.3. The van der Waals surface area contributed by atoms with Gasteiger partial charge in [0.05, 0.1) is 0 Å². The van der Waals surface area contributed by atoms with E-state index in [1.165, 1.54) is 12.1 Å². The third-order valence-corrected chi connectivity index (χ3v) is 2.79. The maximum absolute atomic E-state index is 8.61. The summed E-state index contributed by atoms with van der Waals surface area (Å²) in [6.07, 6.45) is 4.40. The average Bonchev–Trinajstić information content (AvgIpc) is 2.26. The molecule has 0 radical (unpaired) electrons. The van der Waals surface area contributed by atoms with E-state index in [4.69, 9.17) is 5.11 Å². The molecule has 0 atom stereocenters. The Bertz CT molecular complexity index is 261. The minimum absolute atomic E-state index is 0.320. The number of aliphatic hydroxyl groups is 1. The second kappa shape index (κ2) is 7.71. The van der Waals surface area contributed by atoms with Gasteiger partial charge in [-0.15, -0.1) is 0 Å². The van der Waals surface area contributed by atoms with E-state index in [0.29, 0.717) is 6.61 Å². The third kappa shape index (κ3) is 5.80. The summed E-state index contributed by atoms with van der Waals surface area (Å²) in [6, 6.07) is 8.21. The van der Waals surface area contributed by atoms with Gasteiger partial charge in [0.15, 0.2) is 0 Å².